The van der Waals surface area contributed by atoms with Crippen LogP contribution in [-0.4, -0.2) is 33.8 Å². The van der Waals surface area contributed by atoms with E-state index in [4.69, 9.17) is 10.2 Å². The molecule has 0 aromatic rings. The lowest BCUT2D eigenvalue weighted by Crippen LogP contribution is -2.23. The lowest BCUT2D eigenvalue weighted by molar-refractivity contribution is -0.147. The fourth-order valence-electron chi connectivity index (χ4n) is 1.33. The second kappa shape index (κ2) is 7.96. The van der Waals surface area contributed by atoms with Crippen LogP contribution in [0.2, 0.25) is 0 Å². The molecule has 96 valence electrons. The molecule has 0 heterocycles. The first-order chi connectivity index (χ1) is 7.40. The zero-order valence-corrected chi connectivity index (χ0v) is 11.3. The fourth-order valence-corrected chi connectivity index (χ4v) is 2.37. The Kier molecular flexibility index (Phi) is 7.85. The van der Waals surface area contributed by atoms with Gasteiger partial charge in [-0.15, -0.1) is 0 Å². The minimum Gasteiger partial charge on any atom is -0.481 e. The van der Waals surface area contributed by atoms with Gasteiger partial charge >= 0.3 is 5.97 Å². The summed E-state index contributed by atoms with van der Waals surface area (Å²) in [6, 6.07) is 0. The Labute approximate surface area is 103 Å². The molecule has 0 bridgehead atoms. The molecule has 16 heavy (non-hydrogen) atoms. The summed E-state index contributed by atoms with van der Waals surface area (Å²) >= 11 is 1.85. The maximum Gasteiger partial charge on any atom is 0.309 e. The molecular formula is C12H24O3S. The number of carboxylic acid groups (broad SMARTS) is 1. The Bertz CT molecular complexity index is 204. The van der Waals surface area contributed by atoms with Gasteiger partial charge in [-0.2, -0.15) is 11.8 Å². The molecule has 0 saturated heterocycles. The highest BCUT2D eigenvalue weighted by molar-refractivity contribution is 7.99. The number of aliphatic hydroxyl groups excluding tert-OH is 1. The van der Waals surface area contributed by atoms with E-state index in [1.807, 2.05) is 11.8 Å². The van der Waals surface area contributed by atoms with Crippen LogP contribution >= 0.6 is 11.8 Å². The van der Waals surface area contributed by atoms with Crippen molar-refractivity contribution in [3.8, 4) is 0 Å². The Morgan fingerprint density at radius 1 is 1.38 bits per heavy atom. The van der Waals surface area contributed by atoms with Gasteiger partial charge in [0.15, 0.2) is 0 Å². The van der Waals surface area contributed by atoms with Gasteiger partial charge in [0, 0.05) is 11.9 Å². The summed E-state index contributed by atoms with van der Waals surface area (Å²) in [4.78, 5) is 10.8. The molecule has 0 aromatic carbocycles. The molecule has 0 aliphatic carbocycles. The molecule has 0 aliphatic heterocycles. The predicted octanol–water partition coefficient (Wildman–Crippen LogP) is 2.77. The third kappa shape index (κ3) is 7.12. The van der Waals surface area contributed by atoms with Crippen molar-refractivity contribution in [2.24, 2.45) is 5.41 Å². The molecule has 1 atom stereocenters. The van der Waals surface area contributed by atoms with Gasteiger partial charge in [0.25, 0.3) is 0 Å². The molecule has 0 rings (SSSR count). The molecule has 0 fully saturated rings. The molecule has 0 saturated carbocycles. The van der Waals surface area contributed by atoms with Crippen LogP contribution in [-0.2, 0) is 4.79 Å². The molecule has 0 aromatic heterocycles. The summed E-state index contributed by atoms with van der Waals surface area (Å²) in [5.41, 5.74) is -0.596. The monoisotopic (exact) mass is 248 g/mol. The van der Waals surface area contributed by atoms with Crippen LogP contribution in [0, 0.1) is 5.41 Å². The molecule has 0 spiro atoms. The minimum absolute atomic E-state index is 0.250. The number of hydrogen-bond acceptors (Lipinski definition) is 3. The Balaban J connectivity index is 3.50. The van der Waals surface area contributed by atoms with Crippen LogP contribution in [0.25, 0.3) is 0 Å². The van der Waals surface area contributed by atoms with Gasteiger partial charge in [-0.3, -0.25) is 4.79 Å². The van der Waals surface area contributed by atoms with Crippen molar-refractivity contribution in [1.82, 2.24) is 0 Å². The zero-order valence-electron chi connectivity index (χ0n) is 10.5. The van der Waals surface area contributed by atoms with E-state index < -0.39 is 11.4 Å². The highest BCUT2D eigenvalue weighted by atomic mass is 32.2. The number of aliphatic carboxylic acids is 1. The average molecular weight is 248 g/mol. The molecule has 2 N–H and O–H groups in total. The lowest BCUT2D eigenvalue weighted by atomic mass is 9.88. The molecular weight excluding hydrogens is 224 g/mol. The van der Waals surface area contributed by atoms with E-state index >= 15 is 0 Å². The van der Waals surface area contributed by atoms with Crippen LogP contribution < -0.4 is 0 Å². The van der Waals surface area contributed by atoms with Gasteiger partial charge in [0.1, 0.15) is 0 Å². The van der Waals surface area contributed by atoms with Crippen LogP contribution in [0.15, 0.2) is 0 Å². The first-order valence-electron chi connectivity index (χ1n) is 5.86. The second-order valence-electron chi connectivity index (χ2n) is 4.84. The van der Waals surface area contributed by atoms with Crippen molar-refractivity contribution in [1.29, 1.82) is 0 Å². The van der Waals surface area contributed by atoms with Gasteiger partial charge in [-0.1, -0.05) is 13.3 Å². The quantitative estimate of drug-likeness (QED) is 0.616. The maximum atomic E-state index is 10.8. The second-order valence-corrected chi connectivity index (χ2v) is 6.39. The van der Waals surface area contributed by atoms with Gasteiger partial charge in [0.05, 0.1) is 5.41 Å². The fraction of sp³-hybridized carbons (Fsp3) is 0.917. The van der Waals surface area contributed by atoms with E-state index in [9.17, 15) is 4.79 Å². The van der Waals surface area contributed by atoms with Crippen molar-refractivity contribution in [3.05, 3.63) is 0 Å². The zero-order chi connectivity index (χ0) is 12.6. The lowest BCUT2D eigenvalue weighted by Gasteiger charge is -2.18. The smallest absolute Gasteiger partial charge is 0.309 e. The van der Waals surface area contributed by atoms with Crippen LogP contribution in [0.4, 0.5) is 0 Å². The van der Waals surface area contributed by atoms with E-state index in [1.165, 1.54) is 0 Å². The third-order valence-corrected chi connectivity index (χ3v) is 4.04. The van der Waals surface area contributed by atoms with Crippen molar-refractivity contribution in [3.63, 3.8) is 0 Å². The molecule has 0 amide bonds. The number of carbonyl (C=O) groups is 1. The van der Waals surface area contributed by atoms with Gasteiger partial charge in [-0.25, -0.2) is 0 Å². The molecule has 0 radical (unpaired) electrons. The number of aliphatic hydroxyl groups is 1. The van der Waals surface area contributed by atoms with E-state index in [0.29, 0.717) is 5.25 Å². The molecule has 4 heteroatoms. The number of hydrogen-bond donors (Lipinski definition) is 2. The summed E-state index contributed by atoms with van der Waals surface area (Å²) in [5.74, 6) is 0.338. The standard InChI is InChI=1S/C12H24O3S/c1-10(6-8-13)16-9-5-4-7-12(2,3)11(14)15/h10,13H,4-9H2,1-3H3,(H,14,15). The third-order valence-electron chi connectivity index (χ3n) is 2.71. The van der Waals surface area contributed by atoms with Crippen molar-refractivity contribution < 1.29 is 15.0 Å². The molecule has 3 nitrogen and oxygen atoms in total. The van der Waals surface area contributed by atoms with Gasteiger partial charge < -0.3 is 10.2 Å². The van der Waals surface area contributed by atoms with Gasteiger partial charge in [-0.05, 0) is 38.9 Å². The first-order valence-corrected chi connectivity index (χ1v) is 6.91. The molecule has 0 aliphatic rings. The van der Waals surface area contributed by atoms with E-state index in [2.05, 4.69) is 6.92 Å². The Morgan fingerprint density at radius 2 is 2.00 bits per heavy atom. The number of carboxylic acids is 1. The maximum absolute atomic E-state index is 10.8. The predicted molar refractivity (Wildman–Crippen MR) is 68.9 cm³/mol. The highest BCUT2D eigenvalue weighted by Crippen LogP contribution is 2.24. The summed E-state index contributed by atoms with van der Waals surface area (Å²) in [7, 11) is 0. The summed E-state index contributed by atoms with van der Waals surface area (Å²) in [6.07, 6.45) is 3.58. The average Bonchev–Trinajstić information content (AvgIpc) is 2.17. The topological polar surface area (TPSA) is 57.5 Å². The van der Waals surface area contributed by atoms with Gasteiger partial charge in [0.2, 0.25) is 0 Å². The highest BCUT2D eigenvalue weighted by Gasteiger charge is 2.25. The Hall–Kier alpha value is -0.220. The summed E-state index contributed by atoms with van der Waals surface area (Å²) in [5, 5.41) is 18.1. The van der Waals surface area contributed by atoms with E-state index in [0.717, 1.165) is 31.4 Å². The summed E-state index contributed by atoms with van der Waals surface area (Å²) < 4.78 is 0. The van der Waals surface area contributed by atoms with E-state index in [1.54, 1.807) is 13.8 Å². The van der Waals surface area contributed by atoms with Crippen molar-refractivity contribution in [2.75, 3.05) is 12.4 Å². The van der Waals surface area contributed by atoms with Crippen molar-refractivity contribution in [2.45, 2.75) is 51.7 Å². The number of rotatable bonds is 9. The van der Waals surface area contributed by atoms with Crippen LogP contribution in [0.3, 0.4) is 0 Å². The minimum atomic E-state index is -0.714. The normalized spacial score (nSPS) is 13.8. The van der Waals surface area contributed by atoms with Crippen LogP contribution in [0.1, 0.15) is 46.5 Å². The molecule has 1 unspecified atom stereocenters. The van der Waals surface area contributed by atoms with Crippen LogP contribution in [0.5, 0.6) is 0 Å². The van der Waals surface area contributed by atoms with E-state index in [-0.39, 0.29) is 6.61 Å². The SMILES string of the molecule is CC(CCO)SCCCCC(C)(C)C(=O)O. The number of thioether (sulfide) groups is 1. The summed E-state index contributed by atoms with van der Waals surface area (Å²) in [6.45, 7) is 5.91. The first kappa shape index (κ1) is 15.8. The number of unbranched alkanes of at least 4 members (excludes halogenated alkanes) is 1. The van der Waals surface area contributed by atoms with Crippen molar-refractivity contribution >= 4 is 17.7 Å². The Morgan fingerprint density at radius 3 is 2.50 bits per heavy atom. The largest absolute Gasteiger partial charge is 0.481 e.